The van der Waals surface area contributed by atoms with Crippen LogP contribution in [0.15, 0.2) is 18.2 Å². The molecular formula is C13H19ClFNO. The molecule has 0 atom stereocenters. The summed E-state index contributed by atoms with van der Waals surface area (Å²) in [5, 5.41) is 12.6. The quantitative estimate of drug-likeness (QED) is 0.823. The van der Waals surface area contributed by atoms with E-state index in [1.54, 1.807) is 6.07 Å². The highest BCUT2D eigenvalue weighted by atomic mass is 35.5. The third-order valence-electron chi connectivity index (χ3n) is 2.72. The van der Waals surface area contributed by atoms with Gasteiger partial charge in [-0.15, -0.1) is 0 Å². The first-order valence-electron chi connectivity index (χ1n) is 5.70. The molecule has 1 rings (SSSR count). The summed E-state index contributed by atoms with van der Waals surface area (Å²) < 4.78 is 12.8. The second-order valence-electron chi connectivity index (χ2n) is 4.98. The molecule has 2 N–H and O–H groups in total. The minimum absolute atomic E-state index is 0.0429. The molecule has 96 valence electrons. The second kappa shape index (κ2) is 6.34. The Balaban J connectivity index is 2.46. The van der Waals surface area contributed by atoms with Crippen LogP contribution in [0.25, 0.3) is 0 Å². The van der Waals surface area contributed by atoms with Gasteiger partial charge in [0.15, 0.2) is 0 Å². The van der Waals surface area contributed by atoms with Crippen LogP contribution in [0, 0.1) is 11.2 Å². The molecule has 0 unspecified atom stereocenters. The summed E-state index contributed by atoms with van der Waals surface area (Å²) >= 11 is 5.92. The smallest absolute Gasteiger partial charge is 0.124 e. The topological polar surface area (TPSA) is 32.3 Å². The molecule has 4 heteroatoms. The average Bonchev–Trinajstić information content (AvgIpc) is 2.21. The second-order valence-corrected chi connectivity index (χ2v) is 5.38. The maximum atomic E-state index is 12.8. The first kappa shape index (κ1) is 14.4. The maximum absolute atomic E-state index is 12.8. The highest BCUT2D eigenvalue weighted by Crippen LogP contribution is 2.20. The first-order chi connectivity index (χ1) is 7.94. The van der Waals surface area contributed by atoms with Crippen molar-refractivity contribution in [2.75, 3.05) is 13.2 Å². The maximum Gasteiger partial charge on any atom is 0.124 e. The fourth-order valence-electron chi connectivity index (χ4n) is 1.59. The average molecular weight is 260 g/mol. The molecule has 0 aliphatic heterocycles. The summed E-state index contributed by atoms with van der Waals surface area (Å²) in [6, 6.07) is 4.41. The van der Waals surface area contributed by atoms with Gasteiger partial charge in [0.2, 0.25) is 0 Å². The van der Waals surface area contributed by atoms with E-state index in [2.05, 4.69) is 19.2 Å². The molecule has 0 saturated carbocycles. The monoisotopic (exact) mass is 259 g/mol. The fourth-order valence-corrected chi connectivity index (χ4v) is 1.83. The number of rotatable bonds is 6. The van der Waals surface area contributed by atoms with Crippen molar-refractivity contribution in [2.24, 2.45) is 5.41 Å². The van der Waals surface area contributed by atoms with Crippen molar-refractivity contribution < 1.29 is 9.50 Å². The third kappa shape index (κ3) is 5.02. The molecule has 0 aromatic heterocycles. The number of nitrogens with one attached hydrogen (secondary N) is 1. The molecule has 0 aliphatic carbocycles. The van der Waals surface area contributed by atoms with Crippen molar-refractivity contribution in [2.45, 2.75) is 26.8 Å². The van der Waals surface area contributed by atoms with Crippen LogP contribution < -0.4 is 5.32 Å². The van der Waals surface area contributed by atoms with Gasteiger partial charge in [-0.1, -0.05) is 31.5 Å². The predicted molar refractivity (Wildman–Crippen MR) is 68.6 cm³/mol. The predicted octanol–water partition coefficient (Wildman–Crippen LogP) is 2.98. The minimum Gasteiger partial charge on any atom is -0.396 e. The number of benzene rings is 1. The van der Waals surface area contributed by atoms with Crippen LogP contribution in [0.1, 0.15) is 25.8 Å². The zero-order chi connectivity index (χ0) is 12.9. The summed E-state index contributed by atoms with van der Waals surface area (Å²) in [4.78, 5) is 0. The van der Waals surface area contributed by atoms with Gasteiger partial charge < -0.3 is 10.4 Å². The van der Waals surface area contributed by atoms with Crippen LogP contribution in [0.3, 0.4) is 0 Å². The van der Waals surface area contributed by atoms with E-state index in [0.717, 1.165) is 18.5 Å². The number of aliphatic hydroxyl groups is 1. The Labute approximate surface area is 107 Å². The van der Waals surface area contributed by atoms with Crippen molar-refractivity contribution in [3.63, 3.8) is 0 Å². The van der Waals surface area contributed by atoms with Gasteiger partial charge in [-0.25, -0.2) is 4.39 Å². The van der Waals surface area contributed by atoms with E-state index in [1.807, 2.05) is 0 Å². The van der Waals surface area contributed by atoms with Crippen LogP contribution in [-0.2, 0) is 6.54 Å². The van der Waals surface area contributed by atoms with Crippen LogP contribution >= 0.6 is 11.6 Å². The summed E-state index contributed by atoms with van der Waals surface area (Å²) in [5.74, 6) is -0.320. The zero-order valence-electron chi connectivity index (χ0n) is 10.3. The highest BCUT2D eigenvalue weighted by molar-refractivity contribution is 6.31. The molecule has 0 aliphatic rings. The molecule has 0 amide bonds. The number of halogens is 2. The largest absolute Gasteiger partial charge is 0.396 e. The van der Waals surface area contributed by atoms with Crippen LogP contribution in [0.2, 0.25) is 5.02 Å². The van der Waals surface area contributed by atoms with Crippen molar-refractivity contribution in [3.8, 4) is 0 Å². The van der Waals surface area contributed by atoms with Crippen LogP contribution in [0.4, 0.5) is 4.39 Å². The van der Waals surface area contributed by atoms with Crippen molar-refractivity contribution in [1.29, 1.82) is 0 Å². The van der Waals surface area contributed by atoms with E-state index in [4.69, 9.17) is 16.7 Å². The Morgan fingerprint density at radius 1 is 1.41 bits per heavy atom. The minimum atomic E-state index is -0.320. The lowest BCUT2D eigenvalue weighted by atomic mass is 9.90. The number of aliphatic hydroxyl groups excluding tert-OH is 1. The molecule has 2 nitrogen and oxygen atoms in total. The van der Waals surface area contributed by atoms with Gasteiger partial charge in [0.05, 0.1) is 0 Å². The molecule has 0 radical (unpaired) electrons. The third-order valence-corrected chi connectivity index (χ3v) is 3.07. The Kier molecular flexibility index (Phi) is 5.37. The standard InChI is InChI=1S/C13H19ClFNO/c1-13(2,5-6-17)9-16-8-10-3-4-11(15)7-12(10)14/h3-4,7,16-17H,5-6,8-9H2,1-2H3. The summed E-state index contributed by atoms with van der Waals surface area (Å²) in [6.45, 7) is 5.74. The molecule has 0 heterocycles. The molecule has 1 aromatic carbocycles. The number of hydrogen-bond donors (Lipinski definition) is 2. The lowest BCUT2D eigenvalue weighted by molar-refractivity contribution is 0.207. The molecule has 17 heavy (non-hydrogen) atoms. The van der Waals surface area contributed by atoms with Crippen molar-refractivity contribution in [3.05, 3.63) is 34.6 Å². The molecule has 0 bridgehead atoms. The summed E-state index contributed by atoms with van der Waals surface area (Å²) in [6.07, 6.45) is 0.747. The van der Waals surface area contributed by atoms with E-state index in [0.29, 0.717) is 11.6 Å². The first-order valence-corrected chi connectivity index (χ1v) is 6.08. The molecular weight excluding hydrogens is 241 g/mol. The van der Waals surface area contributed by atoms with E-state index in [9.17, 15) is 4.39 Å². The van der Waals surface area contributed by atoms with Crippen LogP contribution in [0.5, 0.6) is 0 Å². The van der Waals surface area contributed by atoms with Gasteiger partial charge in [0, 0.05) is 24.7 Å². The Morgan fingerprint density at radius 2 is 2.12 bits per heavy atom. The SMILES string of the molecule is CC(C)(CCO)CNCc1ccc(F)cc1Cl. The summed E-state index contributed by atoms with van der Waals surface area (Å²) in [5.41, 5.74) is 0.925. The molecule has 0 saturated heterocycles. The normalized spacial score (nSPS) is 11.8. The molecule has 0 fully saturated rings. The van der Waals surface area contributed by atoms with Gasteiger partial charge in [0.1, 0.15) is 5.82 Å². The van der Waals surface area contributed by atoms with Gasteiger partial charge in [-0.3, -0.25) is 0 Å². The Hall–Kier alpha value is -0.640. The Bertz CT molecular complexity index is 368. The van der Waals surface area contributed by atoms with E-state index >= 15 is 0 Å². The van der Waals surface area contributed by atoms with Gasteiger partial charge in [-0.2, -0.15) is 0 Å². The fraction of sp³-hybridized carbons (Fsp3) is 0.538. The number of hydrogen-bond acceptors (Lipinski definition) is 2. The highest BCUT2D eigenvalue weighted by Gasteiger charge is 2.16. The lowest BCUT2D eigenvalue weighted by Gasteiger charge is -2.24. The zero-order valence-corrected chi connectivity index (χ0v) is 11.0. The Morgan fingerprint density at radius 3 is 2.71 bits per heavy atom. The summed E-state index contributed by atoms with van der Waals surface area (Å²) in [7, 11) is 0. The van der Waals surface area contributed by atoms with E-state index < -0.39 is 0 Å². The molecule has 0 spiro atoms. The van der Waals surface area contributed by atoms with Crippen molar-refractivity contribution in [1.82, 2.24) is 5.32 Å². The molecule has 1 aromatic rings. The van der Waals surface area contributed by atoms with E-state index in [1.165, 1.54) is 12.1 Å². The van der Waals surface area contributed by atoms with Crippen LogP contribution in [-0.4, -0.2) is 18.3 Å². The van der Waals surface area contributed by atoms with Gasteiger partial charge in [-0.05, 0) is 29.5 Å². The van der Waals surface area contributed by atoms with E-state index in [-0.39, 0.29) is 17.8 Å². The van der Waals surface area contributed by atoms with Crippen molar-refractivity contribution >= 4 is 11.6 Å². The lowest BCUT2D eigenvalue weighted by Crippen LogP contribution is -2.29. The van der Waals surface area contributed by atoms with Gasteiger partial charge >= 0.3 is 0 Å². The van der Waals surface area contributed by atoms with Gasteiger partial charge in [0.25, 0.3) is 0 Å².